The topological polar surface area (TPSA) is 50.1 Å². The SMILES string of the molecule is COc1c(C(=O)Cl)cc(C#N)cc1C(F)(F)F. The Morgan fingerprint density at radius 2 is 2.06 bits per heavy atom. The van der Waals surface area contributed by atoms with E-state index in [-0.39, 0.29) is 5.56 Å². The molecule has 0 radical (unpaired) electrons. The van der Waals surface area contributed by atoms with Crippen molar-refractivity contribution in [2.45, 2.75) is 6.18 Å². The average Bonchev–Trinajstić information content (AvgIpc) is 2.25. The Morgan fingerprint density at radius 1 is 1.47 bits per heavy atom. The van der Waals surface area contributed by atoms with Crippen molar-refractivity contribution in [1.82, 2.24) is 0 Å². The summed E-state index contributed by atoms with van der Waals surface area (Å²) in [5.41, 5.74) is -2.01. The first-order valence-electron chi connectivity index (χ1n) is 4.20. The number of methoxy groups -OCH3 is 1. The molecule has 0 amide bonds. The lowest BCUT2D eigenvalue weighted by molar-refractivity contribution is -0.138. The van der Waals surface area contributed by atoms with Gasteiger partial charge in [-0.2, -0.15) is 18.4 Å². The Morgan fingerprint density at radius 3 is 2.41 bits per heavy atom. The first-order valence-corrected chi connectivity index (χ1v) is 4.58. The van der Waals surface area contributed by atoms with E-state index in [2.05, 4.69) is 4.74 Å². The van der Waals surface area contributed by atoms with E-state index in [1.54, 1.807) is 0 Å². The largest absolute Gasteiger partial charge is 0.495 e. The van der Waals surface area contributed by atoms with Crippen LogP contribution in [0.1, 0.15) is 21.5 Å². The maximum absolute atomic E-state index is 12.7. The first kappa shape index (κ1) is 13.3. The van der Waals surface area contributed by atoms with Crippen molar-refractivity contribution in [3.8, 4) is 11.8 Å². The van der Waals surface area contributed by atoms with Crippen LogP contribution in [-0.2, 0) is 6.18 Å². The van der Waals surface area contributed by atoms with Crippen molar-refractivity contribution in [1.29, 1.82) is 5.26 Å². The number of alkyl halides is 3. The normalized spacial score (nSPS) is 10.8. The number of rotatable bonds is 2. The summed E-state index contributed by atoms with van der Waals surface area (Å²) in [4.78, 5) is 11.0. The van der Waals surface area contributed by atoms with Gasteiger partial charge < -0.3 is 4.74 Å². The van der Waals surface area contributed by atoms with E-state index >= 15 is 0 Å². The third-order valence-electron chi connectivity index (χ3n) is 1.94. The fourth-order valence-corrected chi connectivity index (χ4v) is 1.41. The van der Waals surface area contributed by atoms with Crippen molar-refractivity contribution in [2.24, 2.45) is 0 Å². The Labute approximate surface area is 99.4 Å². The Hall–Kier alpha value is -1.74. The average molecular weight is 264 g/mol. The molecule has 0 heterocycles. The zero-order valence-corrected chi connectivity index (χ0v) is 9.19. The second-order valence-corrected chi connectivity index (χ2v) is 3.33. The maximum Gasteiger partial charge on any atom is 0.420 e. The zero-order valence-electron chi connectivity index (χ0n) is 8.43. The van der Waals surface area contributed by atoms with Gasteiger partial charge in [0, 0.05) is 0 Å². The molecule has 17 heavy (non-hydrogen) atoms. The van der Waals surface area contributed by atoms with E-state index in [9.17, 15) is 18.0 Å². The molecule has 1 aromatic carbocycles. The highest BCUT2D eigenvalue weighted by atomic mass is 35.5. The number of ether oxygens (including phenoxy) is 1. The van der Waals surface area contributed by atoms with Crippen LogP contribution in [-0.4, -0.2) is 12.4 Å². The molecule has 0 aliphatic heterocycles. The van der Waals surface area contributed by atoms with E-state index < -0.39 is 28.3 Å². The van der Waals surface area contributed by atoms with Crippen LogP contribution in [0.5, 0.6) is 5.75 Å². The van der Waals surface area contributed by atoms with Crippen LogP contribution >= 0.6 is 11.6 Å². The summed E-state index contributed by atoms with van der Waals surface area (Å²) >= 11 is 5.14. The van der Waals surface area contributed by atoms with Crippen molar-refractivity contribution < 1.29 is 22.7 Å². The zero-order chi connectivity index (χ0) is 13.2. The van der Waals surface area contributed by atoms with E-state index in [0.29, 0.717) is 6.07 Å². The minimum atomic E-state index is -4.74. The molecule has 90 valence electrons. The molecule has 0 fully saturated rings. The van der Waals surface area contributed by atoms with E-state index in [0.717, 1.165) is 13.2 Å². The van der Waals surface area contributed by atoms with Gasteiger partial charge in [-0.25, -0.2) is 0 Å². The second-order valence-electron chi connectivity index (χ2n) is 2.99. The van der Waals surface area contributed by atoms with Crippen LogP contribution < -0.4 is 4.74 Å². The maximum atomic E-state index is 12.7. The number of hydrogen-bond acceptors (Lipinski definition) is 3. The Bertz CT molecular complexity index is 505. The van der Waals surface area contributed by atoms with Crippen molar-refractivity contribution in [3.05, 3.63) is 28.8 Å². The number of nitrogens with zero attached hydrogens (tertiary/aromatic N) is 1. The Kier molecular flexibility index (Phi) is 3.63. The number of hydrogen-bond donors (Lipinski definition) is 0. The molecular weight excluding hydrogens is 259 g/mol. The molecule has 1 aromatic rings. The molecule has 0 aliphatic rings. The van der Waals surface area contributed by atoms with Crippen molar-refractivity contribution in [3.63, 3.8) is 0 Å². The van der Waals surface area contributed by atoms with E-state index in [1.807, 2.05) is 0 Å². The molecule has 0 unspecified atom stereocenters. The number of halogens is 4. The summed E-state index contributed by atoms with van der Waals surface area (Å²) < 4.78 is 42.5. The van der Waals surface area contributed by atoms with Gasteiger partial charge in [-0.3, -0.25) is 4.79 Å². The predicted molar refractivity (Wildman–Crippen MR) is 52.9 cm³/mol. The highest BCUT2D eigenvalue weighted by molar-refractivity contribution is 6.68. The minimum Gasteiger partial charge on any atom is -0.495 e. The monoisotopic (exact) mass is 263 g/mol. The highest BCUT2D eigenvalue weighted by Crippen LogP contribution is 2.39. The lowest BCUT2D eigenvalue weighted by Crippen LogP contribution is -2.11. The molecule has 0 atom stereocenters. The van der Waals surface area contributed by atoms with Gasteiger partial charge in [-0.05, 0) is 23.7 Å². The van der Waals surface area contributed by atoms with E-state index in [1.165, 1.54) is 6.07 Å². The molecule has 0 N–H and O–H groups in total. The molecule has 1 rings (SSSR count). The van der Waals surface area contributed by atoms with Gasteiger partial charge in [-0.1, -0.05) is 0 Å². The van der Waals surface area contributed by atoms with Gasteiger partial charge in [0.15, 0.2) is 0 Å². The van der Waals surface area contributed by atoms with Crippen molar-refractivity contribution in [2.75, 3.05) is 7.11 Å². The third-order valence-corrected chi connectivity index (χ3v) is 2.14. The van der Waals surface area contributed by atoms with E-state index in [4.69, 9.17) is 16.9 Å². The quantitative estimate of drug-likeness (QED) is 0.771. The van der Waals surface area contributed by atoms with Gasteiger partial charge in [0.25, 0.3) is 5.24 Å². The standard InChI is InChI=1S/C10H5ClF3NO2/c1-17-8-6(9(11)16)2-5(4-15)3-7(8)10(12,13)14/h2-3H,1H3. The smallest absolute Gasteiger partial charge is 0.420 e. The molecule has 0 saturated carbocycles. The first-order chi connectivity index (χ1) is 7.81. The van der Waals surface area contributed by atoms with Crippen LogP contribution in [0.25, 0.3) is 0 Å². The summed E-state index contributed by atoms with van der Waals surface area (Å²) in [6.45, 7) is 0. The molecule has 7 heteroatoms. The van der Waals surface area contributed by atoms with Gasteiger partial charge in [0.2, 0.25) is 0 Å². The molecule has 0 saturated heterocycles. The summed E-state index contributed by atoms with van der Waals surface area (Å²) in [6, 6.07) is 3.07. The molecular formula is C10H5ClF3NO2. The van der Waals surface area contributed by atoms with Gasteiger partial charge in [0.05, 0.1) is 29.9 Å². The lowest BCUT2D eigenvalue weighted by Gasteiger charge is -2.14. The summed E-state index contributed by atoms with van der Waals surface area (Å²) in [5.74, 6) is -0.684. The van der Waals surface area contributed by atoms with Crippen molar-refractivity contribution >= 4 is 16.8 Å². The fraction of sp³-hybridized carbons (Fsp3) is 0.200. The van der Waals surface area contributed by atoms with Gasteiger partial charge in [0.1, 0.15) is 5.75 Å². The number of carbonyl (C=O) groups is 1. The summed E-state index contributed by atoms with van der Waals surface area (Å²) in [5, 5.41) is 7.46. The molecule has 0 bridgehead atoms. The van der Waals surface area contributed by atoms with Gasteiger partial charge >= 0.3 is 6.18 Å². The molecule has 0 spiro atoms. The molecule has 3 nitrogen and oxygen atoms in total. The minimum absolute atomic E-state index is 0.317. The molecule has 0 aromatic heterocycles. The fourth-order valence-electron chi connectivity index (χ4n) is 1.27. The van der Waals surface area contributed by atoms with Crippen LogP contribution in [0.2, 0.25) is 0 Å². The highest BCUT2D eigenvalue weighted by Gasteiger charge is 2.36. The second kappa shape index (κ2) is 4.63. The lowest BCUT2D eigenvalue weighted by atomic mass is 10.0. The summed E-state index contributed by atoms with van der Waals surface area (Å²) in [7, 11) is 0.986. The number of nitriles is 1. The van der Waals surface area contributed by atoms with Gasteiger partial charge in [-0.15, -0.1) is 0 Å². The number of carbonyl (C=O) groups excluding carboxylic acids is 1. The van der Waals surface area contributed by atoms with Crippen LogP contribution in [0.3, 0.4) is 0 Å². The van der Waals surface area contributed by atoms with Crippen LogP contribution in [0.15, 0.2) is 12.1 Å². The summed E-state index contributed by atoms with van der Waals surface area (Å²) in [6.07, 6.45) is -4.74. The predicted octanol–water partition coefficient (Wildman–Crippen LogP) is 2.96. The number of benzene rings is 1. The third kappa shape index (κ3) is 2.68. The Balaban J connectivity index is 3.64. The van der Waals surface area contributed by atoms with Crippen LogP contribution in [0.4, 0.5) is 13.2 Å². The van der Waals surface area contributed by atoms with Crippen LogP contribution in [0, 0.1) is 11.3 Å². The molecule has 0 aliphatic carbocycles.